The van der Waals surface area contributed by atoms with Gasteiger partial charge in [-0.2, -0.15) is 0 Å². The summed E-state index contributed by atoms with van der Waals surface area (Å²) in [5, 5.41) is 0.850. The molecule has 0 saturated carbocycles. The smallest absolute Gasteiger partial charge is 0.152 e. The van der Waals surface area contributed by atoms with Gasteiger partial charge in [-0.05, 0) is 116 Å². The van der Waals surface area contributed by atoms with Crippen LogP contribution in [0, 0.1) is 42.2 Å². The van der Waals surface area contributed by atoms with Gasteiger partial charge in [0, 0.05) is 48.5 Å². The van der Waals surface area contributed by atoms with Crippen LogP contribution in [0.4, 0.5) is 31.5 Å². The molecule has 4 aliphatic rings. The first kappa shape index (κ1) is 50.7. The molecule has 0 fully saturated rings. The predicted octanol–water partition coefficient (Wildman–Crippen LogP) is 17.6. The van der Waals surface area contributed by atoms with Crippen LogP contribution in [-0.2, 0) is 25.7 Å². The summed E-state index contributed by atoms with van der Waals surface area (Å²) < 4.78 is 27.9. The highest BCUT2D eigenvalue weighted by atomic mass is 35.5. The van der Waals surface area contributed by atoms with E-state index in [9.17, 15) is 8.78 Å². The van der Waals surface area contributed by atoms with E-state index in [1.54, 1.807) is 6.07 Å². The molecule has 64 heavy (non-hydrogen) atoms. The molecule has 0 amide bonds. The number of aliphatic imine (C=N–C) groups is 4. The fraction of sp³-hybridized carbons (Fsp3) is 0.509. The van der Waals surface area contributed by atoms with E-state index in [1.165, 1.54) is 44.9 Å². The van der Waals surface area contributed by atoms with Crippen LogP contribution in [-0.4, -0.2) is 22.8 Å². The Morgan fingerprint density at radius 2 is 0.781 bits per heavy atom. The first-order valence-electron chi connectivity index (χ1n) is 23.9. The van der Waals surface area contributed by atoms with Gasteiger partial charge in [-0.25, -0.2) is 8.78 Å². The Balaban J connectivity index is 0.000000161. The van der Waals surface area contributed by atoms with Crippen molar-refractivity contribution < 1.29 is 8.78 Å². The van der Waals surface area contributed by atoms with Crippen molar-refractivity contribution in [1.82, 2.24) is 0 Å². The van der Waals surface area contributed by atoms with E-state index in [0.29, 0.717) is 41.2 Å². The second-order valence-corrected chi connectivity index (χ2v) is 21.0. The fourth-order valence-corrected chi connectivity index (χ4v) is 8.96. The van der Waals surface area contributed by atoms with E-state index in [0.717, 1.165) is 75.8 Å². The van der Waals surface area contributed by atoms with Crippen molar-refractivity contribution >= 4 is 57.2 Å². The lowest BCUT2D eigenvalue weighted by Gasteiger charge is -2.12. The van der Waals surface area contributed by atoms with E-state index in [1.807, 2.05) is 45.9 Å². The lowest BCUT2D eigenvalue weighted by molar-refractivity contribution is 0.597. The molecule has 344 valence electrons. The molecule has 4 aromatic carbocycles. The highest BCUT2D eigenvalue weighted by Gasteiger charge is 2.25. The Hall–Kier alpha value is -4.29. The largest absolute Gasteiger partial charge is 0.257 e. The first-order chi connectivity index (χ1) is 30.0. The molecule has 0 aromatic heterocycles. The molecular formula is C57H75ClF2N4. The molecule has 7 heteroatoms. The Bertz CT molecular complexity index is 2250. The van der Waals surface area contributed by atoms with Gasteiger partial charge in [-0.15, -0.1) is 0 Å². The standard InChI is InChI=1S/C15H21N.C14H18ClN.2C14H18FN/c1-9(2)13-7-6-12-8-14(10(3)4)16-15(12)11(13)5;1-8(2)11-6-5-10-7-12(9(3)4)16-14(10)13(11)15;1-8(2)11-7-14-10(5-12(11)15)6-13(16-14)9(3)4;1-8(2)11-6-5-10-7-12(9(3)4)16-14(10)13(11)15/h6-7,9-10H,8H2,1-5H3;5-6,8-9H,7H2,1-4H3;5,7-9H,6H2,1-4H3;5-6,8-9H,7H2,1-4H3. The summed E-state index contributed by atoms with van der Waals surface area (Å²) in [6, 6.07) is 16.3. The van der Waals surface area contributed by atoms with E-state index in [4.69, 9.17) is 16.6 Å². The summed E-state index contributed by atoms with van der Waals surface area (Å²) in [5.74, 6) is 3.16. The molecule has 4 heterocycles. The molecule has 0 saturated heterocycles. The summed E-state index contributed by atoms with van der Waals surface area (Å²) in [6.45, 7) is 36.3. The predicted molar refractivity (Wildman–Crippen MR) is 274 cm³/mol. The average Bonchev–Trinajstić information content (AvgIpc) is 4.03. The Kier molecular flexibility index (Phi) is 16.9. The number of fused-ring (bicyclic) bond motifs is 4. The lowest BCUT2D eigenvalue weighted by atomic mass is 9.93. The molecule has 0 bridgehead atoms. The van der Waals surface area contributed by atoms with Crippen molar-refractivity contribution in [2.45, 2.75) is 167 Å². The van der Waals surface area contributed by atoms with Crippen LogP contribution in [0.1, 0.15) is 185 Å². The zero-order valence-corrected chi connectivity index (χ0v) is 42.7. The summed E-state index contributed by atoms with van der Waals surface area (Å²) in [5.41, 5.74) is 18.9. The van der Waals surface area contributed by atoms with Crippen molar-refractivity contribution in [1.29, 1.82) is 0 Å². The summed E-state index contributed by atoms with van der Waals surface area (Å²) >= 11 is 6.41. The number of nitrogens with zero attached hydrogens (tertiary/aromatic N) is 4. The van der Waals surface area contributed by atoms with Crippen LogP contribution in [0.25, 0.3) is 0 Å². The van der Waals surface area contributed by atoms with Gasteiger partial charge in [0.1, 0.15) is 11.5 Å². The van der Waals surface area contributed by atoms with Crippen LogP contribution < -0.4 is 0 Å². The Morgan fingerprint density at radius 1 is 0.406 bits per heavy atom. The highest BCUT2D eigenvalue weighted by molar-refractivity contribution is 6.34. The summed E-state index contributed by atoms with van der Waals surface area (Å²) in [4.78, 5) is 18.5. The zero-order chi connectivity index (χ0) is 47.5. The van der Waals surface area contributed by atoms with Crippen LogP contribution in [0.5, 0.6) is 0 Å². The van der Waals surface area contributed by atoms with Gasteiger partial charge in [0.2, 0.25) is 0 Å². The number of rotatable bonds is 8. The van der Waals surface area contributed by atoms with Gasteiger partial charge in [-0.3, -0.25) is 20.0 Å². The van der Waals surface area contributed by atoms with Crippen molar-refractivity contribution in [2.75, 3.05) is 0 Å². The molecule has 4 aliphatic heterocycles. The van der Waals surface area contributed by atoms with Gasteiger partial charge in [0.15, 0.2) is 5.82 Å². The number of hydrogen-bond donors (Lipinski definition) is 0. The maximum Gasteiger partial charge on any atom is 0.152 e. The third-order valence-corrected chi connectivity index (χ3v) is 13.3. The molecule has 0 atom stereocenters. The molecule has 0 N–H and O–H groups in total. The number of halogens is 3. The minimum Gasteiger partial charge on any atom is -0.257 e. The number of benzene rings is 4. The van der Waals surface area contributed by atoms with Crippen molar-refractivity contribution in [3.8, 4) is 0 Å². The molecule has 4 nitrogen and oxygen atoms in total. The van der Waals surface area contributed by atoms with Gasteiger partial charge in [0.05, 0.1) is 22.1 Å². The summed E-state index contributed by atoms with van der Waals surface area (Å²) in [7, 11) is 0. The van der Waals surface area contributed by atoms with Crippen LogP contribution in [0.2, 0.25) is 5.02 Å². The van der Waals surface area contributed by atoms with Crippen LogP contribution in [0.3, 0.4) is 0 Å². The third kappa shape index (κ3) is 11.6. The van der Waals surface area contributed by atoms with E-state index in [2.05, 4.69) is 129 Å². The molecule has 0 unspecified atom stereocenters. The van der Waals surface area contributed by atoms with Gasteiger partial charge >= 0.3 is 0 Å². The highest BCUT2D eigenvalue weighted by Crippen LogP contribution is 2.41. The van der Waals surface area contributed by atoms with E-state index < -0.39 is 0 Å². The van der Waals surface area contributed by atoms with Gasteiger partial charge in [-0.1, -0.05) is 159 Å². The van der Waals surface area contributed by atoms with Crippen LogP contribution in [0.15, 0.2) is 68.5 Å². The van der Waals surface area contributed by atoms with Gasteiger partial charge < -0.3 is 0 Å². The molecule has 0 radical (unpaired) electrons. The minimum absolute atomic E-state index is 0.0889. The summed E-state index contributed by atoms with van der Waals surface area (Å²) in [6.07, 6.45) is 3.63. The van der Waals surface area contributed by atoms with Gasteiger partial charge in [0.25, 0.3) is 0 Å². The molecule has 8 rings (SSSR count). The molecular weight excluding hydrogens is 814 g/mol. The quantitative estimate of drug-likeness (QED) is 0.169. The third-order valence-electron chi connectivity index (χ3n) is 12.9. The van der Waals surface area contributed by atoms with Crippen molar-refractivity contribution in [3.05, 3.63) is 115 Å². The number of hydrogen-bond acceptors (Lipinski definition) is 4. The lowest BCUT2D eigenvalue weighted by Crippen LogP contribution is -2.06. The van der Waals surface area contributed by atoms with Crippen LogP contribution >= 0.6 is 11.6 Å². The normalized spacial score (nSPS) is 14.6. The zero-order valence-electron chi connectivity index (χ0n) is 42.0. The monoisotopic (exact) mass is 889 g/mol. The first-order valence-corrected chi connectivity index (χ1v) is 24.2. The SMILES string of the molecule is CC(C)C1=Nc2c(ccc(C(C)C)c2Cl)C1.CC(C)C1=Nc2c(ccc(C(C)C)c2F)C1.CC(C)C1=Nc2cc(C(C)C)c(F)cc2C1.Cc1c(C(C)C)ccc2c1N=C(C(C)C)C2. The molecule has 4 aromatic rings. The second kappa shape index (κ2) is 21.3. The topological polar surface area (TPSA) is 49.4 Å². The van der Waals surface area contributed by atoms with Crippen molar-refractivity contribution in [2.24, 2.45) is 43.6 Å². The second-order valence-electron chi connectivity index (χ2n) is 20.6. The van der Waals surface area contributed by atoms with E-state index in [-0.39, 0.29) is 23.5 Å². The van der Waals surface area contributed by atoms with Crippen molar-refractivity contribution in [3.63, 3.8) is 0 Å². The molecule has 0 spiro atoms. The average molecular weight is 890 g/mol. The minimum atomic E-state index is -0.122. The van der Waals surface area contributed by atoms with E-state index >= 15 is 0 Å². The maximum absolute atomic E-state index is 14.2. The Labute approximate surface area is 390 Å². The molecule has 0 aliphatic carbocycles. The maximum atomic E-state index is 14.2. The fourth-order valence-electron chi connectivity index (χ4n) is 8.52. The Morgan fingerprint density at radius 3 is 1.25 bits per heavy atom.